The summed E-state index contributed by atoms with van der Waals surface area (Å²) in [6, 6.07) is 4.06. The molecule has 0 fully saturated rings. The van der Waals surface area contributed by atoms with Crippen molar-refractivity contribution in [3.05, 3.63) is 28.6 Å². The van der Waals surface area contributed by atoms with Crippen LogP contribution in [0.3, 0.4) is 0 Å². The Morgan fingerprint density at radius 3 is 2.86 bits per heavy atom. The van der Waals surface area contributed by atoms with Crippen molar-refractivity contribution < 1.29 is 9.84 Å². The molecule has 0 aliphatic carbocycles. The van der Waals surface area contributed by atoms with E-state index in [-0.39, 0.29) is 6.61 Å². The molecule has 1 N–H and O–H groups in total. The average Bonchev–Trinajstić information content (AvgIpc) is 2.60. The number of fused-ring (bicyclic) bond motifs is 1. The number of aliphatic hydroxyl groups excluding tert-OH is 1. The molecule has 0 bridgehead atoms. The van der Waals surface area contributed by atoms with Crippen molar-refractivity contribution in [3.63, 3.8) is 0 Å². The average molecular weight is 208 g/mol. The molecule has 3 heteroatoms. The lowest BCUT2D eigenvalue weighted by Gasteiger charge is -2.04. The highest BCUT2D eigenvalue weighted by Crippen LogP contribution is 2.35. The molecule has 1 heterocycles. The molecule has 1 aromatic carbocycles. The van der Waals surface area contributed by atoms with Crippen LogP contribution in [-0.2, 0) is 6.61 Å². The Morgan fingerprint density at radius 2 is 2.21 bits per heavy atom. The fourth-order valence-electron chi connectivity index (χ4n) is 1.59. The summed E-state index contributed by atoms with van der Waals surface area (Å²) in [5, 5.41) is 12.3. The number of thiophene rings is 1. The van der Waals surface area contributed by atoms with Gasteiger partial charge < -0.3 is 9.84 Å². The number of rotatable bonds is 2. The van der Waals surface area contributed by atoms with Crippen LogP contribution in [0, 0.1) is 6.92 Å². The number of hydrogen-bond donors (Lipinski definition) is 1. The van der Waals surface area contributed by atoms with Crippen molar-refractivity contribution in [2.75, 3.05) is 7.11 Å². The molecule has 0 saturated heterocycles. The first kappa shape index (κ1) is 9.49. The second kappa shape index (κ2) is 3.59. The van der Waals surface area contributed by atoms with Crippen molar-refractivity contribution in [1.82, 2.24) is 0 Å². The number of methoxy groups -OCH3 is 1. The second-order valence-corrected chi connectivity index (χ2v) is 4.08. The Kier molecular flexibility index (Phi) is 2.44. The van der Waals surface area contributed by atoms with Crippen LogP contribution in [0.5, 0.6) is 5.75 Å². The molecule has 0 amide bonds. The Hall–Kier alpha value is -1.06. The number of hydrogen-bond acceptors (Lipinski definition) is 3. The van der Waals surface area contributed by atoms with E-state index in [0.717, 1.165) is 27.0 Å². The highest BCUT2D eigenvalue weighted by molar-refractivity contribution is 7.17. The molecule has 1 aromatic heterocycles. The van der Waals surface area contributed by atoms with E-state index >= 15 is 0 Å². The van der Waals surface area contributed by atoms with Gasteiger partial charge in [-0.2, -0.15) is 0 Å². The van der Waals surface area contributed by atoms with E-state index in [4.69, 9.17) is 4.74 Å². The first-order valence-electron chi connectivity index (χ1n) is 4.42. The summed E-state index contributed by atoms with van der Waals surface area (Å²) in [7, 11) is 1.67. The third-order valence-electron chi connectivity index (χ3n) is 2.42. The molecule has 0 unspecified atom stereocenters. The fourth-order valence-corrected chi connectivity index (χ4v) is 2.70. The SMILES string of the molecule is COc1csc2c(CO)c(C)ccc12. The third kappa shape index (κ3) is 1.29. The summed E-state index contributed by atoms with van der Waals surface area (Å²) in [5.41, 5.74) is 2.14. The topological polar surface area (TPSA) is 29.5 Å². The number of aliphatic hydroxyl groups is 1. The molecule has 0 atom stereocenters. The zero-order valence-electron chi connectivity index (χ0n) is 8.20. The highest BCUT2D eigenvalue weighted by Gasteiger charge is 2.09. The molecule has 0 spiro atoms. The van der Waals surface area contributed by atoms with Crippen LogP contribution >= 0.6 is 11.3 Å². The van der Waals surface area contributed by atoms with Crippen molar-refractivity contribution in [2.24, 2.45) is 0 Å². The number of ether oxygens (including phenoxy) is 1. The molecule has 0 aliphatic rings. The Balaban J connectivity index is 2.76. The van der Waals surface area contributed by atoms with Crippen molar-refractivity contribution in [3.8, 4) is 5.75 Å². The summed E-state index contributed by atoms with van der Waals surface area (Å²) < 4.78 is 6.36. The van der Waals surface area contributed by atoms with Gasteiger partial charge in [-0.25, -0.2) is 0 Å². The van der Waals surface area contributed by atoms with Gasteiger partial charge in [0, 0.05) is 15.5 Å². The Morgan fingerprint density at radius 1 is 1.43 bits per heavy atom. The lowest BCUT2D eigenvalue weighted by molar-refractivity contribution is 0.283. The van der Waals surface area contributed by atoms with E-state index in [1.54, 1.807) is 18.4 Å². The van der Waals surface area contributed by atoms with Gasteiger partial charge in [0.25, 0.3) is 0 Å². The van der Waals surface area contributed by atoms with Gasteiger partial charge in [0.05, 0.1) is 13.7 Å². The van der Waals surface area contributed by atoms with E-state index in [2.05, 4.69) is 0 Å². The highest BCUT2D eigenvalue weighted by atomic mass is 32.1. The maximum absolute atomic E-state index is 9.26. The monoisotopic (exact) mass is 208 g/mol. The summed E-state index contributed by atoms with van der Waals surface area (Å²) >= 11 is 1.62. The lowest BCUT2D eigenvalue weighted by Crippen LogP contribution is -1.88. The number of aryl methyl sites for hydroxylation is 1. The van der Waals surface area contributed by atoms with Gasteiger partial charge in [0.1, 0.15) is 5.75 Å². The fraction of sp³-hybridized carbons (Fsp3) is 0.273. The smallest absolute Gasteiger partial charge is 0.137 e. The standard InChI is InChI=1S/C11H12O2S/c1-7-3-4-8-10(13-2)6-14-11(8)9(7)5-12/h3-4,6,12H,5H2,1-2H3. The maximum Gasteiger partial charge on any atom is 0.137 e. The van der Waals surface area contributed by atoms with Gasteiger partial charge in [-0.15, -0.1) is 11.3 Å². The summed E-state index contributed by atoms with van der Waals surface area (Å²) in [6.07, 6.45) is 0. The Bertz CT molecular complexity index is 460. The largest absolute Gasteiger partial charge is 0.495 e. The van der Waals surface area contributed by atoms with Gasteiger partial charge in [-0.1, -0.05) is 6.07 Å². The molecule has 0 radical (unpaired) electrons. The third-order valence-corrected chi connectivity index (χ3v) is 3.46. The molecule has 2 nitrogen and oxygen atoms in total. The quantitative estimate of drug-likeness (QED) is 0.822. The van der Waals surface area contributed by atoms with E-state index in [0.29, 0.717) is 0 Å². The maximum atomic E-state index is 9.26. The predicted molar refractivity (Wildman–Crippen MR) is 59.0 cm³/mol. The van der Waals surface area contributed by atoms with Gasteiger partial charge in [-0.3, -0.25) is 0 Å². The predicted octanol–water partition coefficient (Wildman–Crippen LogP) is 2.71. The van der Waals surface area contributed by atoms with Crippen molar-refractivity contribution in [1.29, 1.82) is 0 Å². The zero-order valence-corrected chi connectivity index (χ0v) is 9.02. The normalized spacial score (nSPS) is 10.8. The van der Waals surface area contributed by atoms with E-state index in [1.165, 1.54) is 0 Å². The second-order valence-electron chi connectivity index (χ2n) is 3.20. The van der Waals surface area contributed by atoms with E-state index in [9.17, 15) is 5.11 Å². The van der Waals surface area contributed by atoms with Crippen LogP contribution in [0.15, 0.2) is 17.5 Å². The van der Waals surface area contributed by atoms with Crippen molar-refractivity contribution in [2.45, 2.75) is 13.5 Å². The van der Waals surface area contributed by atoms with E-state index in [1.807, 2.05) is 24.4 Å². The van der Waals surface area contributed by atoms with Crippen LogP contribution < -0.4 is 4.74 Å². The van der Waals surface area contributed by atoms with Gasteiger partial charge in [0.2, 0.25) is 0 Å². The van der Waals surface area contributed by atoms with Crippen LogP contribution in [0.1, 0.15) is 11.1 Å². The van der Waals surface area contributed by atoms with Gasteiger partial charge >= 0.3 is 0 Å². The molecule has 74 valence electrons. The minimum absolute atomic E-state index is 0.0901. The minimum Gasteiger partial charge on any atom is -0.495 e. The molecule has 0 aliphatic heterocycles. The number of benzene rings is 1. The molecule has 2 rings (SSSR count). The van der Waals surface area contributed by atoms with Gasteiger partial charge in [-0.05, 0) is 24.1 Å². The summed E-state index contributed by atoms with van der Waals surface area (Å²) in [6.45, 7) is 2.10. The summed E-state index contributed by atoms with van der Waals surface area (Å²) in [5.74, 6) is 0.889. The molecule has 2 aromatic rings. The Labute approximate surface area is 86.8 Å². The van der Waals surface area contributed by atoms with Crippen LogP contribution in [0.4, 0.5) is 0 Å². The molecular formula is C11H12O2S. The lowest BCUT2D eigenvalue weighted by atomic mass is 10.1. The van der Waals surface area contributed by atoms with Gasteiger partial charge in [0.15, 0.2) is 0 Å². The first-order valence-corrected chi connectivity index (χ1v) is 5.30. The first-order chi connectivity index (χ1) is 6.77. The van der Waals surface area contributed by atoms with Crippen LogP contribution in [0.2, 0.25) is 0 Å². The van der Waals surface area contributed by atoms with Crippen molar-refractivity contribution >= 4 is 21.4 Å². The molecule has 14 heavy (non-hydrogen) atoms. The minimum atomic E-state index is 0.0901. The van der Waals surface area contributed by atoms with E-state index < -0.39 is 0 Å². The van der Waals surface area contributed by atoms with Crippen LogP contribution in [0.25, 0.3) is 10.1 Å². The molecule has 0 saturated carbocycles. The zero-order chi connectivity index (χ0) is 10.1. The molecular weight excluding hydrogens is 196 g/mol. The van der Waals surface area contributed by atoms with Crippen LogP contribution in [-0.4, -0.2) is 12.2 Å². The summed E-state index contributed by atoms with van der Waals surface area (Å²) in [4.78, 5) is 0.